The maximum Gasteiger partial charge on any atom is 0.355 e. The van der Waals surface area contributed by atoms with Crippen LogP contribution in [0.5, 0.6) is 11.5 Å². The minimum atomic E-state index is -0.589. The Labute approximate surface area is 184 Å². The first-order chi connectivity index (χ1) is 15.5. The van der Waals surface area contributed by atoms with Crippen LogP contribution in [0.25, 0.3) is 27.8 Å². The maximum atomic E-state index is 13.0. The Morgan fingerprint density at radius 3 is 1.75 bits per heavy atom. The molecule has 0 unspecified atom stereocenters. The summed E-state index contributed by atoms with van der Waals surface area (Å²) in [6, 6.07) is 18.4. The molecule has 0 saturated heterocycles. The molecule has 1 amide bonds. The first-order valence-electron chi connectivity index (χ1n) is 9.83. The highest BCUT2D eigenvalue weighted by molar-refractivity contribution is 6.07. The number of benzene rings is 2. The minimum Gasteiger partial charge on any atom is -0.497 e. The number of carbonyl (C=O) groups is 2. The third-order valence-corrected chi connectivity index (χ3v) is 5.35. The molecule has 0 radical (unpaired) electrons. The zero-order valence-electron chi connectivity index (χ0n) is 17.9. The zero-order chi connectivity index (χ0) is 22.8. The van der Waals surface area contributed by atoms with E-state index < -0.39 is 11.9 Å². The van der Waals surface area contributed by atoms with E-state index in [4.69, 9.17) is 19.9 Å². The summed E-state index contributed by atoms with van der Waals surface area (Å²) in [6.07, 6.45) is 1.56. The van der Waals surface area contributed by atoms with Crippen LogP contribution in [0.1, 0.15) is 20.8 Å². The van der Waals surface area contributed by atoms with Crippen LogP contribution in [-0.2, 0) is 4.74 Å². The molecule has 0 spiro atoms. The maximum absolute atomic E-state index is 13.0. The summed E-state index contributed by atoms with van der Waals surface area (Å²) in [5.74, 6) is 0.284. The summed E-state index contributed by atoms with van der Waals surface area (Å²) in [6.45, 7) is 0. The molecule has 2 N–H and O–H groups in total. The number of nitrogens with two attached hydrogens (primary N) is 1. The van der Waals surface area contributed by atoms with E-state index >= 15 is 0 Å². The molecule has 2 aromatic heterocycles. The van der Waals surface area contributed by atoms with Crippen molar-refractivity contribution in [1.82, 2.24) is 4.40 Å². The fraction of sp³-hybridized carbons (Fsp3) is 0.120. The number of hydrogen-bond donors (Lipinski definition) is 1. The molecule has 0 aliphatic rings. The van der Waals surface area contributed by atoms with Crippen LogP contribution >= 0.6 is 0 Å². The highest BCUT2D eigenvalue weighted by Gasteiger charge is 2.26. The van der Waals surface area contributed by atoms with E-state index in [1.807, 2.05) is 48.5 Å². The number of esters is 1. The van der Waals surface area contributed by atoms with Crippen molar-refractivity contribution in [3.63, 3.8) is 0 Å². The van der Waals surface area contributed by atoms with Gasteiger partial charge in [-0.2, -0.15) is 0 Å². The number of rotatable bonds is 6. The van der Waals surface area contributed by atoms with Gasteiger partial charge in [-0.25, -0.2) is 4.79 Å². The number of pyridine rings is 1. The van der Waals surface area contributed by atoms with Gasteiger partial charge in [-0.05, 0) is 47.5 Å². The van der Waals surface area contributed by atoms with Gasteiger partial charge in [0.1, 0.15) is 17.2 Å². The van der Waals surface area contributed by atoms with Gasteiger partial charge < -0.3 is 24.3 Å². The van der Waals surface area contributed by atoms with Crippen molar-refractivity contribution >= 4 is 17.4 Å². The van der Waals surface area contributed by atoms with Crippen molar-refractivity contribution in [2.75, 3.05) is 21.3 Å². The van der Waals surface area contributed by atoms with Gasteiger partial charge >= 0.3 is 5.97 Å². The van der Waals surface area contributed by atoms with E-state index in [-0.39, 0.29) is 5.56 Å². The Balaban J connectivity index is 2.12. The average molecular weight is 430 g/mol. The van der Waals surface area contributed by atoms with Gasteiger partial charge in [0.05, 0.1) is 32.4 Å². The first kappa shape index (κ1) is 21.0. The summed E-state index contributed by atoms with van der Waals surface area (Å²) in [5.41, 5.74) is 9.95. The molecule has 2 aromatic carbocycles. The highest BCUT2D eigenvalue weighted by atomic mass is 16.5. The van der Waals surface area contributed by atoms with Gasteiger partial charge in [-0.1, -0.05) is 24.3 Å². The van der Waals surface area contributed by atoms with E-state index in [0.717, 1.165) is 22.2 Å². The molecule has 4 aromatic rings. The molecule has 7 heteroatoms. The van der Waals surface area contributed by atoms with Crippen LogP contribution in [0.4, 0.5) is 0 Å². The van der Waals surface area contributed by atoms with E-state index in [0.29, 0.717) is 22.8 Å². The molecular formula is C25H22N2O5. The summed E-state index contributed by atoms with van der Waals surface area (Å²) in [7, 11) is 4.52. The molecule has 0 bridgehead atoms. The highest BCUT2D eigenvalue weighted by Crippen LogP contribution is 2.41. The van der Waals surface area contributed by atoms with Crippen molar-refractivity contribution in [2.24, 2.45) is 5.73 Å². The lowest BCUT2D eigenvalue weighted by Gasteiger charge is -2.09. The fourth-order valence-electron chi connectivity index (χ4n) is 3.79. The van der Waals surface area contributed by atoms with E-state index in [2.05, 4.69) is 0 Å². The second-order valence-electron chi connectivity index (χ2n) is 7.08. The van der Waals surface area contributed by atoms with Crippen molar-refractivity contribution in [3.8, 4) is 33.8 Å². The topological polar surface area (TPSA) is 92.3 Å². The Morgan fingerprint density at radius 2 is 1.28 bits per heavy atom. The third-order valence-electron chi connectivity index (χ3n) is 5.35. The molecule has 0 aliphatic heterocycles. The predicted octanol–water partition coefficient (Wildman–Crippen LogP) is 4.18. The average Bonchev–Trinajstić information content (AvgIpc) is 3.18. The standard InChI is InChI=1S/C25H22N2O5/c1-30-18-9-4-15(5-10-18)21-20-13-8-17(24(26)28)14-27(20)23(25(29)32-3)22(21)16-6-11-19(31-2)12-7-16/h4-14H,1-3H3,(H2,26,28). The minimum absolute atomic E-state index is 0.278. The Morgan fingerprint density at radius 1 is 0.750 bits per heavy atom. The monoisotopic (exact) mass is 430 g/mol. The summed E-state index contributed by atoms with van der Waals surface area (Å²) >= 11 is 0. The lowest BCUT2D eigenvalue weighted by Crippen LogP contribution is -2.13. The number of fused-ring (bicyclic) bond motifs is 1. The summed E-state index contributed by atoms with van der Waals surface area (Å²) in [5, 5.41) is 0. The molecule has 0 fully saturated rings. The van der Waals surface area contributed by atoms with Crippen molar-refractivity contribution in [1.29, 1.82) is 0 Å². The quantitative estimate of drug-likeness (QED) is 0.464. The SMILES string of the molecule is COC(=O)c1c(-c2ccc(OC)cc2)c(-c2ccc(OC)cc2)c2ccc(C(N)=O)cn12. The first-order valence-corrected chi connectivity index (χ1v) is 9.83. The van der Waals surface area contributed by atoms with Gasteiger partial charge in [0, 0.05) is 17.3 Å². The van der Waals surface area contributed by atoms with Crippen LogP contribution in [-0.4, -0.2) is 37.6 Å². The lowest BCUT2D eigenvalue weighted by molar-refractivity contribution is 0.0593. The van der Waals surface area contributed by atoms with Gasteiger partial charge in [0.25, 0.3) is 0 Å². The molecule has 0 saturated carbocycles. The summed E-state index contributed by atoms with van der Waals surface area (Å²) in [4.78, 5) is 24.8. The number of hydrogen-bond acceptors (Lipinski definition) is 5. The number of nitrogens with zero attached hydrogens (tertiary/aromatic N) is 1. The molecule has 7 nitrogen and oxygen atoms in total. The summed E-state index contributed by atoms with van der Waals surface area (Å²) < 4.78 is 17.3. The van der Waals surface area contributed by atoms with Gasteiger partial charge in [-0.15, -0.1) is 0 Å². The van der Waals surface area contributed by atoms with Crippen LogP contribution in [0.15, 0.2) is 66.9 Å². The number of methoxy groups -OCH3 is 3. The molecule has 162 valence electrons. The second-order valence-corrected chi connectivity index (χ2v) is 7.08. The molecule has 32 heavy (non-hydrogen) atoms. The normalized spacial score (nSPS) is 10.7. The zero-order valence-corrected chi connectivity index (χ0v) is 17.9. The van der Waals surface area contributed by atoms with Crippen molar-refractivity contribution < 1.29 is 23.8 Å². The number of aromatic nitrogens is 1. The smallest absolute Gasteiger partial charge is 0.355 e. The third kappa shape index (κ3) is 3.54. The number of carbonyl (C=O) groups excluding carboxylic acids is 2. The van der Waals surface area contributed by atoms with E-state index in [9.17, 15) is 9.59 Å². The predicted molar refractivity (Wildman–Crippen MR) is 121 cm³/mol. The van der Waals surface area contributed by atoms with Crippen LogP contribution in [0.2, 0.25) is 0 Å². The second kappa shape index (κ2) is 8.47. The molecule has 0 aliphatic carbocycles. The van der Waals surface area contributed by atoms with Gasteiger partial charge in [0.15, 0.2) is 0 Å². The van der Waals surface area contributed by atoms with E-state index in [1.54, 1.807) is 36.9 Å². The fourth-order valence-corrected chi connectivity index (χ4v) is 3.79. The number of amides is 1. The molecule has 0 atom stereocenters. The lowest BCUT2D eigenvalue weighted by atomic mass is 9.95. The molecular weight excluding hydrogens is 408 g/mol. The van der Waals surface area contributed by atoms with Gasteiger partial charge in [0.2, 0.25) is 5.91 Å². The Hall–Kier alpha value is -4.26. The number of primary amides is 1. The van der Waals surface area contributed by atoms with Crippen LogP contribution in [0, 0.1) is 0 Å². The number of ether oxygens (including phenoxy) is 3. The molecule has 4 rings (SSSR count). The van der Waals surface area contributed by atoms with Crippen LogP contribution in [0.3, 0.4) is 0 Å². The largest absolute Gasteiger partial charge is 0.497 e. The van der Waals surface area contributed by atoms with Gasteiger partial charge in [-0.3, -0.25) is 4.79 Å². The Kier molecular flexibility index (Phi) is 5.55. The van der Waals surface area contributed by atoms with Crippen LogP contribution < -0.4 is 15.2 Å². The van der Waals surface area contributed by atoms with Crippen molar-refractivity contribution in [3.05, 3.63) is 78.1 Å². The van der Waals surface area contributed by atoms with E-state index in [1.165, 1.54) is 7.11 Å². The van der Waals surface area contributed by atoms with Crippen molar-refractivity contribution in [2.45, 2.75) is 0 Å². The Bertz CT molecular complexity index is 1310. The molecule has 2 heterocycles.